The van der Waals surface area contributed by atoms with Crippen molar-refractivity contribution in [3.05, 3.63) is 36.3 Å². The van der Waals surface area contributed by atoms with Crippen molar-refractivity contribution in [2.45, 2.75) is 32.1 Å². The Balaban J connectivity index is 1.21. The van der Waals surface area contributed by atoms with E-state index in [2.05, 4.69) is 25.1 Å². The Morgan fingerprint density at radius 1 is 0.968 bits per heavy atom. The predicted molar refractivity (Wildman–Crippen MR) is 120 cm³/mol. The zero-order chi connectivity index (χ0) is 21.0. The largest absolute Gasteiger partial charge is 0.497 e. The molecule has 1 aromatic carbocycles. The molecule has 2 fully saturated rings. The summed E-state index contributed by atoms with van der Waals surface area (Å²) in [5, 5.41) is 8.52. The van der Waals surface area contributed by atoms with Crippen LogP contribution in [0.1, 0.15) is 31.5 Å². The zero-order valence-electron chi connectivity index (χ0n) is 18.3. The molecule has 0 aliphatic carbocycles. The van der Waals surface area contributed by atoms with Crippen LogP contribution in [-0.2, 0) is 6.42 Å². The van der Waals surface area contributed by atoms with Crippen LogP contribution in [0.3, 0.4) is 0 Å². The molecule has 2 aliphatic rings. The fourth-order valence-corrected chi connectivity index (χ4v) is 4.72. The Morgan fingerprint density at radius 2 is 1.68 bits per heavy atom. The van der Waals surface area contributed by atoms with Crippen LogP contribution in [-0.4, -0.2) is 81.1 Å². The summed E-state index contributed by atoms with van der Waals surface area (Å²) in [6, 6.07) is 7.77. The number of ether oxygens (including phenoxy) is 1. The highest BCUT2D eigenvalue weighted by molar-refractivity contribution is 5.70. The van der Waals surface area contributed by atoms with Gasteiger partial charge < -0.3 is 14.5 Å². The van der Waals surface area contributed by atoms with E-state index in [1.165, 1.54) is 65.0 Å². The number of hydrogen-bond acceptors (Lipinski definition) is 7. The third-order valence-corrected chi connectivity index (χ3v) is 6.67. The first-order valence-electron chi connectivity index (χ1n) is 11.4. The van der Waals surface area contributed by atoms with Crippen LogP contribution in [0.2, 0.25) is 0 Å². The maximum absolute atomic E-state index is 5.25. The Bertz CT molecular complexity index is 989. The van der Waals surface area contributed by atoms with E-state index in [0.29, 0.717) is 5.92 Å². The summed E-state index contributed by atoms with van der Waals surface area (Å²) < 4.78 is 7.03. The lowest BCUT2D eigenvalue weighted by molar-refractivity contribution is 0.163. The third kappa shape index (κ3) is 4.70. The van der Waals surface area contributed by atoms with E-state index in [0.717, 1.165) is 34.8 Å². The van der Waals surface area contributed by atoms with Crippen molar-refractivity contribution < 1.29 is 4.74 Å². The molecule has 0 N–H and O–H groups in total. The number of piperidine rings is 1. The average molecular weight is 422 g/mol. The molecule has 0 radical (unpaired) electrons. The lowest BCUT2D eigenvalue weighted by atomic mass is 9.93. The maximum Gasteiger partial charge on any atom is 0.187 e. The first-order valence-corrected chi connectivity index (χ1v) is 11.4. The molecule has 0 saturated carbocycles. The SMILES string of the molecule is COc1ccc(-n2nnc3cnc(CC4CCN(CCN5CCCC5)CC4)nc32)cc1. The second kappa shape index (κ2) is 9.28. The van der Waals surface area contributed by atoms with Crippen molar-refractivity contribution in [1.29, 1.82) is 0 Å². The summed E-state index contributed by atoms with van der Waals surface area (Å²) in [4.78, 5) is 14.6. The second-order valence-corrected chi connectivity index (χ2v) is 8.73. The molecule has 0 bridgehead atoms. The fraction of sp³-hybridized carbons (Fsp3) is 0.565. The average Bonchev–Trinajstić information content (AvgIpc) is 3.48. The number of hydrogen-bond donors (Lipinski definition) is 0. The Labute approximate surface area is 183 Å². The van der Waals surface area contributed by atoms with Crippen LogP contribution < -0.4 is 4.74 Å². The van der Waals surface area contributed by atoms with Crippen molar-refractivity contribution in [2.24, 2.45) is 5.92 Å². The molecule has 31 heavy (non-hydrogen) atoms. The van der Waals surface area contributed by atoms with E-state index in [1.807, 2.05) is 24.3 Å². The number of methoxy groups -OCH3 is 1. The summed E-state index contributed by atoms with van der Waals surface area (Å²) in [5.41, 5.74) is 2.40. The van der Waals surface area contributed by atoms with Gasteiger partial charge in [-0.1, -0.05) is 5.21 Å². The Kier molecular flexibility index (Phi) is 6.08. The van der Waals surface area contributed by atoms with Crippen molar-refractivity contribution >= 4 is 11.2 Å². The molecule has 164 valence electrons. The highest BCUT2D eigenvalue weighted by Gasteiger charge is 2.22. The Morgan fingerprint density at radius 3 is 2.39 bits per heavy atom. The molecule has 8 nitrogen and oxygen atoms in total. The molecule has 8 heteroatoms. The number of likely N-dealkylation sites (tertiary alicyclic amines) is 2. The zero-order valence-corrected chi connectivity index (χ0v) is 18.3. The molecule has 2 aliphatic heterocycles. The summed E-state index contributed by atoms with van der Waals surface area (Å²) in [7, 11) is 1.66. The molecular formula is C23H31N7O. The van der Waals surface area contributed by atoms with Crippen LogP contribution in [0.4, 0.5) is 0 Å². The van der Waals surface area contributed by atoms with E-state index >= 15 is 0 Å². The summed E-state index contributed by atoms with van der Waals surface area (Å²) >= 11 is 0. The molecule has 5 rings (SSSR count). The summed E-state index contributed by atoms with van der Waals surface area (Å²) in [6.07, 6.45) is 7.91. The smallest absolute Gasteiger partial charge is 0.187 e. The molecular weight excluding hydrogens is 390 g/mol. The minimum Gasteiger partial charge on any atom is -0.497 e. The molecule has 0 atom stereocenters. The van der Waals surface area contributed by atoms with Gasteiger partial charge in [0.15, 0.2) is 11.2 Å². The quantitative estimate of drug-likeness (QED) is 0.581. The molecule has 3 aromatic rings. The molecule has 4 heterocycles. The van der Waals surface area contributed by atoms with Crippen LogP contribution in [0, 0.1) is 5.92 Å². The molecule has 2 aromatic heterocycles. The normalized spacial score (nSPS) is 18.7. The van der Waals surface area contributed by atoms with Crippen LogP contribution >= 0.6 is 0 Å². The number of fused-ring (bicyclic) bond motifs is 1. The van der Waals surface area contributed by atoms with E-state index in [-0.39, 0.29) is 0 Å². The van der Waals surface area contributed by atoms with Gasteiger partial charge >= 0.3 is 0 Å². The van der Waals surface area contributed by atoms with Crippen LogP contribution in [0.15, 0.2) is 30.5 Å². The van der Waals surface area contributed by atoms with E-state index in [1.54, 1.807) is 18.0 Å². The minimum atomic E-state index is 0.644. The van der Waals surface area contributed by atoms with E-state index in [9.17, 15) is 0 Å². The first kappa shape index (κ1) is 20.3. The van der Waals surface area contributed by atoms with Gasteiger partial charge in [0, 0.05) is 19.5 Å². The fourth-order valence-electron chi connectivity index (χ4n) is 4.72. The number of aromatic nitrogens is 5. The summed E-state index contributed by atoms with van der Waals surface area (Å²) in [6.45, 7) is 7.39. The maximum atomic E-state index is 5.25. The van der Waals surface area contributed by atoms with Gasteiger partial charge in [-0.3, -0.25) is 0 Å². The Hall–Kier alpha value is -2.58. The predicted octanol–water partition coefficient (Wildman–Crippen LogP) is 2.57. The second-order valence-electron chi connectivity index (χ2n) is 8.73. The monoisotopic (exact) mass is 421 g/mol. The highest BCUT2D eigenvalue weighted by atomic mass is 16.5. The van der Waals surface area contributed by atoms with Crippen molar-refractivity contribution in [2.75, 3.05) is 46.4 Å². The molecule has 0 unspecified atom stereocenters. The third-order valence-electron chi connectivity index (χ3n) is 6.67. The van der Waals surface area contributed by atoms with E-state index in [4.69, 9.17) is 9.72 Å². The molecule has 2 saturated heterocycles. The standard InChI is InChI=1S/C23H31N7O/c1-31-20-6-4-19(5-7-20)30-23-21(26-27-30)17-24-22(25-23)16-18-8-12-29(13-9-18)15-14-28-10-2-3-11-28/h4-7,17-18H,2-3,8-16H2,1H3. The van der Waals surface area contributed by atoms with E-state index < -0.39 is 0 Å². The van der Waals surface area contributed by atoms with Crippen molar-refractivity contribution in [1.82, 2.24) is 34.8 Å². The van der Waals surface area contributed by atoms with Gasteiger partial charge in [-0.15, -0.1) is 5.10 Å². The van der Waals surface area contributed by atoms with Gasteiger partial charge in [0.1, 0.15) is 11.6 Å². The van der Waals surface area contributed by atoms with Crippen LogP contribution in [0.25, 0.3) is 16.9 Å². The van der Waals surface area contributed by atoms with Gasteiger partial charge in [0.25, 0.3) is 0 Å². The van der Waals surface area contributed by atoms with Gasteiger partial charge in [-0.05, 0) is 82.0 Å². The number of rotatable bonds is 7. The first-order chi connectivity index (χ1) is 15.3. The van der Waals surface area contributed by atoms with Gasteiger partial charge in [0.05, 0.1) is 19.0 Å². The highest BCUT2D eigenvalue weighted by Crippen LogP contribution is 2.22. The lowest BCUT2D eigenvalue weighted by Crippen LogP contribution is -2.39. The van der Waals surface area contributed by atoms with Gasteiger partial charge in [-0.2, -0.15) is 4.68 Å². The summed E-state index contributed by atoms with van der Waals surface area (Å²) in [5.74, 6) is 2.35. The topological polar surface area (TPSA) is 72.2 Å². The van der Waals surface area contributed by atoms with Crippen molar-refractivity contribution in [3.8, 4) is 11.4 Å². The molecule has 0 spiro atoms. The lowest BCUT2D eigenvalue weighted by Gasteiger charge is -2.32. The number of nitrogens with zero attached hydrogens (tertiary/aromatic N) is 7. The van der Waals surface area contributed by atoms with Crippen LogP contribution in [0.5, 0.6) is 5.75 Å². The van der Waals surface area contributed by atoms with Gasteiger partial charge in [0.2, 0.25) is 0 Å². The van der Waals surface area contributed by atoms with Gasteiger partial charge in [-0.25, -0.2) is 9.97 Å². The minimum absolute atomic E-state index is 0.644. The van der Waals surface area contributed by atoms with Crippen molar-refractivity contribution in [3.63, 3.8) is 0 Å². The molecule has 0 amide bonds. The number of benzene rings is 1.